The lowest BCUT2D eigenvalue weighted by atomic mass is 10.1. The van der Waals surface area contributed by atoms with Crippen LogP contribution < -0.4 is 14.8 Å². The molecule has 0 aliphatic carbocycles. The van der Waals surface area contributed by atoms with Gasteiger partial charge in [-0.15, -0.1) is 0 Å². The molecule has 104 valence electrons. The summed E-state index contributed by atoms with van der Waals surface area (Å²) in [4.78, 5) is 2.41. The van der Waals surface area contributed by atoms with Gasteiger partial charge in [0, 0.05) is 32.7 Å². The van der Waals surface area contributed by atoms with E-state index >= 15 is 0 Å². The fourth-order valence-corrected chi connectivity index (χ4v) is 2.56. The Hall–Kier alpha value is -1.46. The van der Waals surface area contributed by atoms with Crippen molar-refractivity contribution in [1.82, 2.24) is 10.2 Å². The molecule has 2 heterocycles. The number of hydrogen-bond donors (Lipinski definition) is 2. The van der Waals surface area contributed by atoms with Crippen LogP contribution in [0.15, 0.2) is 12.1 Å². The van der Waals surface area contributed by atoms with Gasteiger partial charge >= 0.3 is 0 Å². The number of phenolic OH excluding ortho intramolecular Hbond substituents is 1. The Labute approximate surface area is 113 Å². The van der Waals surface area contributed by atoms with E-state index in [-0.39, 0.29) is 5.75 Å². The first kappa shape index (κ1) is 12.6. The highest BCUT2D eigenvalue weighted by Gasteiger charge is 2.19. The second kappa shape index (κ2) is 5.67. The lowest BCUT2D eigenvalue weighted by Crippen LogP contribution is -2.44. The molecule has 1 aromatic carbocycles. The van der Waals surface area contributed by atoms with Crippen molar-refractivity contribution >= 4 is 0 Å². The average molecular weight is 264 g/mol. The van der Waals surface area contributed by atoms with E-state index in [9.17, 15) is 5.11 Å². The van der Waals surface area contributed by atoms with Gasteiger partial charge in [-0.3, -0.25) is 0 Å². The highest BCUT2D eigenvalue weighted by Crippen LogP contribution is 2.41. The van der Waals surface area contributed by atoms with E-state index in [4.69, 9.17) is 9.47 Å². The van der Waals surface area contributed by atoms with Gasteiger partial charge in [0.1, 0.15) is 13.2 Å². The topological polar surface area (TPSA) is 54.0 Å². The lowest BCUT2D eigenvalue weighted by Gasteiger charge is -2.27. The summed E-state index contributed by atoms with van der Waals surface area (Å²) in [6, 6.07) is 3.83. The molecule has 0 amide bonds. The highest BCUT2D eigenvalue weighted by atomic mass is 16.6. The summed E-state index contributed by atoms with van der Waals surface area (Å²) in [5.41, 5.74) is 0.933. The monoisotopic (exact) mass is 264 g/mol. The summed E-state index contributed by atoms with van der Waals surface area (Å²) >= 11 is 0. The molecule has 0 spiro atoms. The number of nitrogens with one attached hydrogen (secondary N) is 1. The number of hydrogen-bond acceptors (Lipinski definition) is 5. The molecule has 2 aliphatic heterocycles. The molecule has 19 heavy (non-hydrogen) atoms. The number of rotatable bonds is 3. The van der Waals surface area contributed by atoms with Gasteiger partial charge in [0.25, 0.3) is 0 Å². The molecular formula is C14H20N2O3. The van der Waals surface area contributed by atoms with E-state index in [1.165, 1.54) is 0 Å². The van der Waals surface area contributed by atoms with Crippen molar-refractivity contribution < 1.29 is 14.6 Å². The van der Waals surface area contributed by atoms with Crippen LogP contribution in [0.25, 0.3) is 0 Å². The maximum atomic E-state index is 10.2. The lowest BCUT2D eigenvalue weighted by molar-refractivity contribution is 0.165. The van der Waals surface area contributed by atoms with E-state index < -0.39 is 0 Å². The van der Waals surface area contributed by atoms with Crippen LogP contribution in [-0.4, -0.2) is 55.9 Å². The second-order valence-corrected chi connectivity index (χ2v) is 4.94. The van der Waals surface area contributed by atoms with Crippen LogP contribution in [0, 0.1) is 0 Å². The van der Waals surface area contributed by atoms with Crippen LogP contribution in [0.4, 0.5) is 0 Å². The van der Waals surface area contributed by atoms with Crippen molar-refractivity contribution in [3.63, 3.8) is 0 Å². The first-order chi connectivity index (χ1) is 9.34. The number of piperazine rings is 1. The minimum atomic E-state index is 0.243. The number of ether oxygens (including phenoxy) is 2. The Bertz CT molecular complexity index is 445. The third-order valence-corrected chi connectivity index (χ3v) is 3.67. The van der Waals surface area contributed by atoms with Crippen LogP contribution in [0.1, 0.15) is 5.56 Å². The van der Waals surface area contributed by atoms with Crippen molar-refractivity contribution in [3.05, 3.63) is 17.7 Å². The van der Waals surface area contributed by atoms with E-state index in [0.29, 0.717) is 24.7 Å². The Morgan fingerprint density at radius 2 is 1.95 bits per heavy atom. The molecule has 0 saturated carbocycles. The minimum absolute atomic E-state index is 0.243. The van der Waals surface area contributed by atoms with Gasteiger partial charge < -0.3 is 24.8 Å². The predicted octanol–water partition coefficient (Wildman–Crippen LogP) is 0.611. The summed E-state index contributed by atoms with van der Waals surface area (Å²) in [7, 11) is 0. The molecule has 0 unspecified atom stereocenters. The van der Waals surface area contributed by atoms with E-state index in [1.807, 2.05) is 12.1 Å². The van der Waals surface area contributed by atoms with Gasteiger partial charge in [0.05, 0.1) is 0 Å². The Morgan fingerprint density at radius 1 is 1.16 bits per heavy atom. The molecule has 0 aromatic heterocycles. The van der Waals surface area contributed by atoms with Crippen LogP contribution in [0.2, 0.25) is 0 Å². The van der Waals surface area contributed by atoms with Crippen molar-refractivity contribution in [2.75, 3.05) is 45.9 Å². The third-order valence-electron chi connectivity index (χ3n) is 3.67. The fourth-order valence-electron chi connectivity index (χ4n) is 2.56. The molecule has 0 atom stereocenters. The molecule has 0 radical (unpaired) electrons. The SMILES string of the molecule is Oc1c(CCN2CCNCC2)ccc2c1OCCO2. The van der Waals surface area contributed by atoms with Crippen molar-refractivity contribution in [2.45, 2.75) is 6.42 Å². The highest BCUT2D eigenvalue weighted by molar-refractivity contribution is 5.55. The first-order valence-electron chi connectivity index (χ1n) is 6.88. The zero-order valence-electron chi connectivity index (χ0n) is 11.0. The van der Waals surface area contributed by atoms with Crippen molar-refractivity contribution in [1.29, 1.82) is 0 Å². The second-order valence-electron chi connectivity index (χ2n) is 4.94. The van der Waals surface area contributed by atoms with Gasteiger partial charge in [0.2, 0.25) is 5.75 Å². The molecule has 5 nitrogen and oxygen atoms in total. The van der Waals surface area contributed by atoms with Crippen molar-refractivity contribution in [2.24, 2.45) is 0 Å². The quantitative estimate of drug-likeness (QED) is 0.838. The number of benzene rings is 1. The van der Waals surface area contributed by atoms with Crippen LogP contribution >= 0.6 is 0 Å². The van der Waals surface area contributed by atoms with Crippen LogP contribution in [-0.2, 0) is 6.42 Å². The molecule has 0 bridgehead atoms. The summed E-state index contributed by atoms with van der Waals surface area (Å²) in [6.45, 7) is 6.26. The van der Waals surface area contributed by atoms with Crippen LogP contribution in [0.5, 0.6) is 17.2 Å². The Kier molecular flexibility index (Phi) is 3.75. The standard InChI is InChI=1S/C14H20N2O3/c17-13-11(3-6-16-7-4-15-5-8-16)1-2-12-14(13)19-10-9-18-12/h1-2,15,17H,3-10H2. The average Bonchev–Trinajstić information content (AvgIpc) is 2.48. The molecule has 1 saturated heterocycles. The summed E-state index contributed by atoms with van der Waals surface area (Å²) in [5.74, 6) is 1.39. The zero-order valence-corrected chi connectivity index (χ0v) is 11.0. The number of aromatic hydroxyl groups is 1. The number of nitrogens with zero attached hydrogens (tertiary/aromatic N) is 1. The Morgan fingerprint density at radius 3 is 2.79 bits per heavy atom. The van der Waals surface area contributed by atoms with Gasteiger partial charge in [0.15, 0.2) is 11.5 Å². The largest absolute Gasteiger partial charge is 0.504 e. The zero-order chi connectivity index (χ0) is 13.1. The first-order valence-corrected chi connectivity index (χ1v) is 6.88. The summed E-state index contributed by atoms with van der Waals surface area (Å²) in [5, 5.41) is 13.6. The Balaban J connectivity index is 1.67. The molecule has 1 fully saturated rings. The van der Waals surface area contributed by atoms with Gasteiger partial charge in [-0.05, 0) is 18.1 Å². The molecule has 3 rings (SSSR count). The predicted molar refractivity (Wildman–Crippen MR) is 72.1 cm³/mol. The smallest absolute Gasteiger partial charge is 0.203 e. The van der Waals surface area contributed by atoms with Gasteiger partial charge in [-0.25, -0.2) is 0 Å². The summed E-state index contributed by atoms with van der Waals surface area (Å²) < 4.78 is 10.9. The van der Waals surface area contributed by atoms with E-state index in [2.05, 4.69) is 10.2 Å². The maximum absolute atomic E-state index is 10.2. The van der Waals surface area contributed by atoms with E-state index in [0.717, 1.165) is 44.7 Å². The number of phenols is 1. The fraction of sp³-hybridized carbons (Fsp3) is 0.571. The molecule has 2 aliphatic rings. The normalized spacial score (nSPS) is 19.4. The van der Waals surface area contributed by atoms with E-state index in [1.54, 1.807) is 0 Å². The third kappa shape index (κ3) is 2.77. The van der Waals surface area contributed by atoms with Gasteiger partial charge in [-0.2, -0.15) is 0 Å². The number of fused-ring (bicyclic) bond motifs is 1. The van der Waals surface area contributed by atoms with Crippen LogP contribution in [0.3, 0.4) is 0 Å². The molecular weight excluding hydrogens is 244 g/mol. The van der Waals surface area contributed by atoms with Crippen molar-refractivity contribution in [3.8, 4) is 17.2 Å². The molecule has 5 heteroatoms. The minimum Gasteiger partial charge on any atom is -0.504 e. The van der Waals surface area contributed by atoms with Gasteiger partial charge in [-0.1, -0.05) is 6.07 Å². The molecule has 1 aromatic rings. The molecule has 2 N–H and O–H groups in total. The maximum Gasteiger partial charge on any atom is 0.203 e. The summed E-state index contributed by atoms with van der Waals surface area (Å²) in [6.07, 6.45) is 0.836.